The number of piperidine rings is 1. The molecule has 0 unspecified atom stereocenters. The van der Waals surface area contributed by atoms with Crippen LogP contribution in [0, 0.1) is 12.8 Å². The minimum Gasteiger partial charge on any atom is -0.397 e. The second-order valence-electron chi connectivity index (χ2n) is 8.82. The van der Waals surface area contributed by atoms with Gasteiger partial charge in [-0.05, 0) is 100 Å². The first-order valence-electron chi connectivity index (χ1n) is 10.6. The number of benzene rings is 1. The summed E-state index contributed by atoms with van der Waals surface area (Å²) in [6.07, 6.45) is 10.8. The van der Waals surface area contributed by atoms with Crippen LogP contribution < -0.4 is 11.5 Å². The van der Waals surface area contributed by atoms with Crippen molar-refractivity contribution >= 4 is 11.4 Å². The summed E-state index contributed by atoms with van der Waals surface area (Å²) in [5.74, 6) is 1.45. The zero-order valence-corrected chi connectivity index (χ0v) is 16.3. The van der Waals surface area contributed by atoms with E-state index in [9.17, 15) is 0 Å². The molecule has 4 heteroatoms. The standard InChI is InChI=1S/C22H35N3O/c1-15-2-9-20(23)22(24)21(15)17-10-12-25(13-11-17)18-5-7-19(8-6-18)26-14-16-3-4-16/h2,9,16-19H,3-8,10-14,23-24H2,1H3/t18-,19-. The first-order chi connectivity index (χ1) is 12.6. The zero-order valence-electron chi connectivity index (χ0n) is 16.3. The van der Waals surface area contributed by atoms with E-state index in [4.69, 9.17) is 16.2 Å². The van der Waals surface area contributed by atoms with E-state index >= 15 is 0 Å². The summed E-state index contributed by atoms with van der Waals surface area (Å²) in [7, 11) is 0. The number of ether oxygens (including phenoxy) is 1. The van der Waals surface area contributed by atoms with Crippen LogP contribution in [-0.4, -0.2) is 36.7 Å². The quantitative estimate of drug-likeness (QED) is 0.780. The molecule has 2 saturated carbocycles. The number of hydrogen-bond donors (Lipinski definition) is 2. The molecule has 1 aromatic rings. The summed E-state index contributed by atoms with van der Waals surface area (Å²) in [6.45, 7) is 5.56. The molecule has 4 N–H and O–H groups in total. The molecule has 1 aliphatic heterocycles. The van der Waals surface area contributed by atoms with Gasteiger partial charge >= 0.3 is 0 Å². The second-order valence-corrected chi connectivity index (χ2v) is 8.82. The van der Waals surface area contributed by atoms with E-state index in [0.717, 1.165) is 29.9 Å². The number of nitrogen functional groups attached to an aromatic ring is 2. The smallest absolute Gasteiger partial charge is 0.0585 e. The van der Waals surface area contributed by atoms with Crippen LogP contribution >= 0.6 is 0 Å². The van der Waals surface area contributed by atoms with Gasteiger partial charge in [-0.25, -0.2) is 0 Å². The molecule has 144 valence electrons. The highest BCUT2D eigenvalue weighted by Gasteiger charge is 2.31. The molecule has 0 spiro atoms. The van der Waals surface area contributed by atoms with Gasteiger partial charge in [-0.1, -0.05) is 6.07 Å². The molecule has 1 saturated heterocycles. The molecule has 0 bridgehead atoms. The van der Waals surface area contributed by atoms with Crippen LogP contribution in [0.2, 0.25) is 0 Å². The van der Waals surface area contributed by atoms with E-state index < -0.39 is 0 Å². The zero-order chi connectivity index (χ0) is 18.1. The maximum absolute atomic E-state index is 6.31. The average molecular weight is 358 g/mol. The lowest BCUT2D eigenvalue weighted by atomic mass is 9.83. The fourth-order valence-corrected chi connectivity index (χ4v) is 4.99. The number of aryl methyl sites for hydroxylation is 1. The third-order valence-electron chi connectivity index (χ3n) is 6.90. The predicted molar refractivity (Wildman–Crippen MR) is 108 cm³/mol. The lowest BCUT2D eigenvalue weighted by Gasteiger charge is -2.41. The Bertz CT molecular complexity index is 612. The van der Waals surface area contributed by atoms with Crippen molar-refractivity contribution in [3.05, 3.63) is 23.3 Å². The molecule has 1 aromatic carbocycles. The monoisotopic (exact) mass is 357 g/mol. The van der Waals surface area contributed by atoms with Gasteiger partial charge in [0, 0.05) is 12.6 Å². The summed E-state index contributed by atoms with van der Waals surface area (Å²) in [6, 6.07) is 4.82. The van der Waals surface area contributed by atoms with Crippen LogP contribution in [0.3, 0.4) is 0 Å². The Hall–Kier alpha value is -1.26. The van der Waals surface area contributed by atoms with Gasteiger partial charge in [0.1, 0.15) is 0 Å². The maximum atomic E-state index is 6.31. The van der Waals surface area contributed by atoms with Gasteiger partial charge in [0.25, 0.3) is 0 Å². The van der Waals surface area contributed by atoms with Crippen LogP contribution in [0.4, 0.5) is 11.4 Å². The largest absolute Gasteiger partial charge is 0.397 e. The number of nitrogens with zero attached hydrogens (tertiary/aromatic N) is 1. The predicted octanol–water partition coefficient (Wildman–Crippen LogP) is 4.08. The number of likely N-dealkylation sites (tertiary alicyclic amines) is 1. The van der Waals surface area contributed by atoms with Crippen LogP contribution in [0.25, 0.3) is 0 Å². The summed E-state index contributed by atoms with van der Waals surface area (Å²) < 4.78 is 6.11. The van der Waals surface area contributed by atoms with Gasteiger partial charge in [0.15, 0.2) is 0 Å². The Morgan fingerprint density at radius 1 is 0.962 bits per heavy atom. The van der Waals surface area contributed by atoms with Gasteiger partial charge in [-0.2, -0.15) is 0 Å². The number of hydrogen-bond acceptors (Lipinski definition) is 4. The van der Waals surface area contributed by atoms with E-state index in [2.05, 4.69) is 17.9 Å². The molecule has 4 nitrogen and oxygen atoms in total. The minimum atomic E-state index is 0.527. The highest BCUT2D eigenvalue weighted by Crippen LogP contribution is 2.38. The van der Waals surface area contributed by atoms with E-state index in [1.54, 1.807) is 0 Å². The van der Waals surface area contributed by atoms with Crippen LogP contribution in [-0.2, 0) is 4.74 Å². The molecule has 3 fully saturated rings. The molecular weight excluding hydrogens is 322 g/mol. The topological polar surface area (TPSA) is 64.5 Å². The SMILES string of the molecule is Cc1ccc(N)c(N)c1C1CCN([C@H]2CC[C@H](OCC3CC3)CC2)CC1. The van der Waals surface area contributed by atoms with Crippen LogP contribution in [0.5, 0.6) is 0 Å². The lowest BCUT2D eigenvalue weighted by molar-refractivity contribution is -0.00101. The summed E-state index contributed by atoms with van der Waals surface area (Å²) in [5, 5.41) is 0. The first kappa shape index (κ1) is 18.1. The molecule has 0 amide bonds. The third kappa shape index (κ3) is 4.01. The van der Waals surface area contributed by atoms with Crippen molar-refractivity contribution < 1.29 is 4.74 Å². The third-order valence-corrected chi connectivity index (χ3v) is 6.90. The normalized spacial score (nSPS) is 28.3. The maximum Gasteiger partial charge on any atom is 0.0585 e. The van der Waals surface area contributed by atoms with Crippen molar-refractivity contribution in [2.45, 2.75) is 76.4 Å². The summed E-state index contributed by atoms with van der Waals surface area (Å²) in [4.78, 5) is 2.73. The minimum absolute atomic E-state index is 0.527. The molecular formula is C22H35N3O. The number of nitrogens with two attached hydrogens (primary N) is 2. The average Bonchev–Trinajstić information content (AvgIpc) is 3.49. The molecule has 1 heterocycles. The highest BCUT2D eigenvalue weighted by molar-refractivity contribution is 5.70. The fourth-order valence-electron chi connectivity index (χ4n) is 4.99. The van der Waals surface area contributed by atoms with Crippen molar-refractivity contribution in [3.8, 4) is 0 Å². The number of anilines is 2. The van der Waals surface area contributed by atoms with Crippen molar-refractivity contribution in [3.63, 3.8) is 0 Å². The van der Waals surface area contributed by atoms with Gasteiger partial charge in [-0.15, -0.1) is 0 Å². The fraction of sp³-hybridized carbons (Fsp3) is 0.727. The first-order valence-corrected chi connectivity index (χ1v) is 10.6. The highest BCUT2D eigenvalue weighted by atomic mass is 16.5. The Morgan fingerprint density at radius 2 is 1.65 bits per heavy atom. The van der Waals surface area contributed by atoms with E-state index in [-0.39, 0.29) is 0 Å². The molecule has 0 aromatic heterocycles. The Morgan fingerprint density at radius 3 is 2.31 bits per heavy atom. The van der Waals surface area contributed by atoms with Gasteiger partial charge < -0.3 is 21.1 Å². The van der Waals surface area contributed by atoms with Gasteiger partial charge in [0.2, 0.25) is 0 Å². The van der Waals surface area contributed by atoms with Crippen molar-refractivity contribution in [2.75, 3.05) is 31.2 Å². The molecule has 4 rings (SSSR count). The molecule has 3 aliphatic rings. The van der Waals surface area contributed by atoms with Crippen molar-refractivity contribution in [1.82, 2.24) is 4.90 Å². The Kier molecular flexibility index (Phi) is 5.42. The van der Waals surface area contributed by atoms with Gasteiger partial charge in [0.05, 0.1) is 17.5 Å². The van der Waals surface area contributed by atoms with Crippen LogP contribution in [0.15, 0.2) is 12.1 Å². The summed E-state index contributed by atoms with van der Waals surface area (Å²) in [5.41, 5.74) is 16.5. The Balaban J connectivity index is 1.27. The van der Waals surface area contributed by atoms with E-state index in [1.165, 1.54) is 75.6 Å². The van der Waals surface area contributed by atoms with E-state index in [1.807, 2.05) is 6.07 Å². The Labute approximate surface area is 158 Å². The second kappa shape index (κ2) is 7.77. The van der Waals surface area contributed by atoms with Gasteiger partial charge in [-0.3, -0.25) is 0 Å². The lowest BCUT2D eigenvalue weighted by Crippen LogP contribution is -2.43. The summed E-state index contributed by atoms with van der Waals surface area (Å²) >= 11 is 0. The number of rotatable bonds is 5. The van der Waals surface area contributed by atoms with Crippen LogP contribution in [0.1, 0.15) is 68.4 Å². The van der Waals surface area contributed by atoms with Crippen molar-refractivity contribution in [1.29, 1.82) is 0 Å². The molecule has 0 atom stereocenters. The molecule has 26 heavy (non-hydrogen) atoms. The molecule has 2 aliphatic carbocycles. The van der Waals surface area contributed by atoms with E-state index in [0.29, 0.717) is 12.0 Å². The van der Waals surface area contributed by atoms with Crippen molar-refractivity contribution in [2.24, 2.45) is 5.92 Å². The molecule has 0 radical (unpaired) electrons.